The molecule has 0 unspecified atom stereocenters. The molecule has 0 aliphatic carbocycles. The van der Waals surface area contributed by atoms with Crippen molar-refractivity contribution in [2.45, 2.75) is 31.2 Å². The van der Waals surface area contributed by atoms with Crippen molar-refractivity contribution in [2.75, 3.05) is 11.9 Å². The van der Waals surface area contributed by atoms with Crippen LogP contribution >= 0.6 is 36.4 Å². The molecule has 5 nitrogen and oxygen atoms in total. The van der Waals surface area contributed by atoms with E-state index in [-0.39, 0.29) is 24.5 Å². The summed E-state index contributed by atoms with van der Waals surface area (Å²) in [5.74, 6) is -1.54. The van der Waals surface area contributed by atoms with E-state index in [1.165, 1.54) is 35.2 Å². The first-order valence-electron chi connectivity index (χ1n) is 9.22. The van der Waals surface area contributed by atoms with E-state index >= 15 is 0 Å². The van der Waals surface area contributed by atoms with Gasteiger partial charge >= 0.3 is 0 Å². The number of halogens is 3. The maximum atomic E-state index is 14.6. The summed E-state index contributed by atoms with van der Waals surface area (Å²) in [7, 11) is 1.84. The molecule has 2 atom stereocenters. The van der Waals surface area contributed by atoms with Gasteiger partial charge in [0.05, 0.1) is 6.54 Å². The number of rotatable bonds is 6. The number of benzene rings is 2. The minimum Gasteiger partial charge on any atom is -0.382 e. The Bertz CT molecular complexity index is 1040. The Morgan fingerprint density at radius 1 is 1.29 bits per heavy atom. The van der Waals surface area contributed by atoms with E-state index in [1.54, 1.807) is 6.92 Å². The Hall–Kier alpha value is -2.07. The van der Waals surface area contributed by atoms with Crippen LogP contribution in [0.4, 0.5) is 14.5 Å². The van der Waals surface area contributed by atoms with Crippen LogP contribution in [0.3, 0.4) is 0 Å². The van der Waals surface area contributed by atoms with Crippen molar-refractivity contribution in [2.24, 2.45) is 0 Å². The van der Waals surface area contributed by atoms with E-state index in [4.69, 9.17) is 12.2 Å². The van der Waals surface area contributed by atoms with E-state index in [9.17, 15) is 13.9 Å². The summed E-state index contributed by atoms with van der Waals surface area (Å²) in [6.45, 7) is 3.67. The van der Waals surface area contributed by atoms with E-state index in [1.807, 2.05) is 43.1 Å². The number of aliphatic hydroxyl groups is 1. The van der Waals surface area contributed by atoms with Gasteiger partial charge in [0.25, 0.3) is 0 Å². The van der Waals surface area contributed by atoms with Gasteiger partial charge in [0.1, 0.15) is 34.2 Å². The van der Waals surface area contributed by atoms with Gasteiger partial charge in [0.2, 0.25) is 0 Å². The molecule has 31 heavy (non-hydrogen) atoms. The summed E-state index contributed by atoms with van der Waals surface area (Å²) in [4.78, 5) is 5.71. The van der Waals surface area contributed by atoms with Crippen LogP contribution in [0.15, 0.2) is 55.1 Å². The Labute approximate surface area is 195 Å². The van der Waals surface area contributed by atoms with Crippen LogP contribution in [0.5, 0.6) is 0 Å². The zero-order chi connectivity index (χ0) is 21.9. The van der Waals surface area contributed by atoms with Gasteiger partial charge in [0.15, 0.2) is 0 Å². The SMILES string of the molecule is Cc1cccc(N(C)C(=S)S[C@H](C)[C@](O)(Cn2cncn2)c2ccc(F)cc2F)c1.Cl. The molecule has 0 amide bonds. The number of nitrogens with zero attached hydrogens (tertiary/aromatic N) is 4. The highest BCUT2D eigenvalue weighted by molar-refractivity contribution is 8.23. The molecule has 0 aliphatic rings. The Morgan fingerprint density at radius 3 is 2.65 bits per heavy atom. The third-order valence-corrected chi connectivity index (χ3v) is 6.66. The first kappa shape index (κ1) is 25.2. The topological polar surface area (TPSA) is 54.2 Å². The van der Waals surface area contributed by atoms with Crippen LogP contribution in [0.2, 0.25) is 0 Å². The number of aromatic nitrogens is 3. The fraction of sp³-hybridized carbons (Fsp3) is 0.286. The lowest BCUT2D eigenvalue weighted by atomic mass is 9.90. The molecular weight excluding hydrogens is 462 g/mol. The lowest BCUT2D eigenvalue weighted by molar-refractivity contribution is 0.0136. The first-order chi connectivity index (χ1) is 14.2. The highest BCUT2D eigenvalue weighted by atomic mass is 35.5. The van der Waals surface area contributed by atoms with Crippen molar-refractivity contribution < 1.29 is 13.9 Å². The van der Waals surface area contributed by atoms with Gasteiger partial charge in [-0.15, -0.1) is 12.4 Å². The molecule has 3 aromatic rings. The summed E-state index contributed by atoms with van der Waals surface area (Å²) in [5, 5.41) is 15.0. The second kappa shape index (κ2) is 10.5. The quantitative estimate of drug-likeness (QED) is 0.511. The van der Waals surface area contributed by atoms with Gasteiger partial charge in [-0.3, -0.25) is 0 Å². The number of thioether (sulfide) groups is 1. The molecule has 0 spiro atoms. The highest BCUT2D eigenvalue weighted by Gasteiger charge is 2.40. The van der Waals surface area contributed by atoms with Gasteiger partial charge < -0.3 is 10.0 Å². The number of thiocarbonyl (C=S) groups is 1. The molecule has 10 heteroatoms. The van der Waals surface area contributed by atoms with Crippen molar-refractivity contribution in [1.82, 2.24) is 14.8 Å². The molecule has 1 heterocycles. The third-order valence-electron chi connectivity index (χ3n) is 4.88. The molecule has 3 rings (SSSR count). The van der Waals surface area contributed by atoms with Crippen LogP contribution in [0, 0.1) is 18.6 Å². The minimum atomic E-state index is -1.71. The maximum Gasteiger partial charge on any atom is 0.140 e. The maximum absolute atomic E-state index is 14.6. The standard InChI is InChI=1S/C21H22F2N4OS2.ClH/c1-14-5-4-6-17(9-14)26(3)20(29)30-15(2)21(28,11-27-13-24-12-25-27)18-8-7-16(22)10-19(18)23;/h4-10,12-13,15,28H,11H2,1-3H3;1H/t15-,21-;/m1./s1. The fourth-order valence-corrected chi connectivity index (χ4v) is 4.61. The highest BCUT2D eigenvalue weighted by Crippen LogP contribution is 2.37. The van der Waals surface area contributed by atoms with Gasteiger partial charge in [-0.25, -0.2) is 18.4 Å². The Morgan fingerprint density at radius 2 is 2.03 bits per heavy atom. The molecule has 1 N–H and O–H groups in total. The molecule has 1 aromatic heterocycles. The molecule has 0 aliphatic heterocycles. The second-order valence-corrected chi connectivity index (χ2v) is 9.04. The molecular formula is C21H23ClF2N4OS2. The van der Waals surface area contributed by atoms with E-state index in [0.717, 1.165) is 23.4 Å². The van der Waals surface area contributed by atoms with Crippen molar-refractivity contribution in [3.8, 4) is 0 Å². The minimum absolute atomic E-state index is 0. The molecule has 0 bridgehead atoms. The van der Waals surface area contributed by atoms with Crippen LogP contribution < -0.4 is 4.90 Å². The van der Waals surface area contributed by atoms with Gasteiger partial charge in [-0.05, 0) is 37.6 Å². The van der Waals surface area contributed by atoms with Crippen molar-refractivity contribution in [1.29, 1.82) is 0 Å². The summed E-state index contributed by atoms with van der Waals surface area (Å²) in [6, 6.07) is 11.0. The third kappa shape index (κ3) is 5.79. The average molecular weight is 485 g/mol. The molecule has 0 saturated carbocycles. The number of hydrogen-bond donors (Lipinski definition) is 1. The van der Waals surface area contributed by atoms with Crippen LogP contribution in [0.1, 0.15) is 18.1 Å². The van der Waals surface area contributed by atoms with Crippen LogP contribution in [-0.4, -0.2) is 36.5 Å². The summed E-state index contributed by atoms with van der Waals surface area (Å²) in [5.41, 5.74) is 0.261. The largest absolute Gasteiger partial charge is 0.382 e. The summed E-state index contributed by atoms with van der Waals surface area (Å²) in [6.07, 6.45) is 2.76. The second-order valence-electron chi connectivity index (χ2n) is 7.07. The number of aryl methyl sites for hydroxylation is 1. The number of hydrogen-bond acceptors (Lipinski definition) is 5. The molecule has 0 saturated heterocycles. The summed E-state index contributed by atoms with van der Waals surface area (Å²) >= 11 is 6.82. The van der Waals surface area contributed by atoms with Crippen molar-refractivity contribution in [3.63, 3.8) is 0 Å². The zero-order valence-electron chi connectivity index (χ0n) is 17.2. The zero-order valence-corrected chi connectivity index (χ0v) is 19.6. The van der Waals surface area contributed by atoms with Crippen molar-refractivity contribution >= 4 is 46.4 Å². The van der Waals surface area contributed by atoms with E-state index in [0.29, 0.717) is 4.32 Å². The van der Waals surface area contributed by atoms with E-state index < -0.39 is 22.5 Å². The van der Waals surface area contributed by atoms with Crippen molar-refractivity contribution in [3.05, 3.63) is 77.9 Å². The Balaban J connectivity index is 0.00000341. The average Bonchev–Trinajstić information content (AvgIpc) is 3.19. The fourth-order valence-electron chi connectivity index (χ4n) is 3.10. The Kier molecular flexibility index (Phi) is 8.53. The van der Waals surface area contributed by atoms with Crippen LogP contribution in [-0.2, 0) is 12.1 Å². The molecule has 2 aromatic carbocycles. The van der Waals surface area contributed by atoms with E-state index in [2.05, 4.69) is 10.1 Å². The lowest BCUT2D eigenvalue weighted by Crippen LogP contribution is -2.42. The van der Waals surface area contributed by atoms with Gasteiger partial charge in [-0.2, -0.15) is 5.10 Å². The van der Waals surface area contributed by atoms with Gasteiger partial charge in [0, 0.05) is 29.6 Å². The number of anilines is 1. The first-order valence-corrected chi connectivity index (χ1v) is 10.5. The van der Waals surface area contributed by atoms with Crippen LogP contribution in [0.25, 0.3) is 0 Å². The monoisotopic (exact) mass is 484 g/mol. The van der Waals surface area contributed by atoms with Gasteiger partial charge in [-0.1, -0.05) is 42.2 Å². The normalized spacial score (nSPS) is 13.7. The molecule has 166 valence electrons. The predicted octanol–water partition coefficient (Wildman–Crippen LogP) is 4.72. The molecule has 0 fully saturated rings. The smallest absolute Gasteiger partial charge is 0.140 e. The summed E-state index contributed by atoms with van der Waals surface area (Å²) < 4.78 is 30.0. The molecule has 0 radical (unpaired) electrons. The lowest BCUT2D eigenvalue weighted by Gasteiger charge is -2.35. The predicted molar refractivity (Wildman–Crippen MR) is 127 cm³/mol.